The molecule has 0 aliphatic carbocycles. The standard InChI is InChI=1S/C12H17NO3/c1-3-13(2)7-10(14)9-4-5-11-12(6-9)16-8-15-11/h4-6,10,14H,3,7-8H2,1-2H3. The number of hydrogen-bond acceptors (Lipinski definition) is 4. The molecule has 16 heavy (non-hydrogen) atoms. The lowest BCUT2D eigenvalue weighted by atomic mass is 10.1. The van der Waals surface area contributed by atoms with Gasteiger partial charge in [0.25, 0.3) is 0 Å². The van der Waals surface area contributed by atoms with E-state index in [1.54, 1.807) is 0 Å². The maximum absolute atomic E-state index is 10.0. The van der Waals surface area contributed by atoms with Crippen molar-refractivity contribution in [3.8, 4) is 11.5 Å². The normalized spacial score (nSPS) is 15.5. The smallest absolute Gasteiger partial charge is 0.231 e. The van der Waals surface area contributed by atoms with Gasteiger partial charge in [-0.25, -0.2) is 0 Å². The average molecular weight is 223 g/mol. The quantitative estimate of drug-likeness (QED) is 0.837. The van der Waals surface area contributed by atoms with Crippen molar-refractivity contribution in [1.82, 2.24) is 4.90 Å². The van der Waals surface area contributed by atoms with Gasteiger partial charge in [0.15, 0.2) is 11.5 Å². The number of nitrogens with zero attached hydrogens (tertiary/aromatic N) is 1. The van der Waals surface area contributed by atoms with Crippen LogP contribution in [0, 0.1) is 0 Å². The SMILES string of the molecule is CCN(C)CC(O)c1ccc2c(c1)OCO2. The lowest BCUT2D eigenvalue weighted by Crippen LogP contribution is -2.24. The Labute approximate surface area is 95.4 Å². The van der Waals surface area contributed by atoms with E-state index in [2.05, 4.69) is 11.8 Å². The van der Waals surface area contributed by atoms with Crippen molar-refractivity contribution in [3.05, 3.63) is 23.8 Å². The van der Waals surface area contributed by atoms with Gasteiger partial charge in [-0.1, -0.05) is 13.0 Å². The predicted molar refractivity (Wildman–Crippen MR) is 60.7 cm³/mol. The van der Waals surface area contributed by atoms with Gasteiger partial charge >= 0.3 is 0 Å². The average Bonchev–Trinajstić information content (AvgIpc) is 2.75. The van der Waals surface area contributed by atoms with Crippen LogP contribution in [0.25, 0.3) is 0 Å². The Morgan fingerprint density at radius 2 is 2.12 bits per heavy atom. The molecule has 0 saturated heterocycles. The summed E-state index contributed by atoms with van der Waals surface area (Å²) in [5, 5.41) is 10.0. The fourth-order valence-electron chi connectivity index (χ4n) is 1.65. The van der Waals surface area contributed by atoms with Crippen LogP contribution in [0.1, 0.15) is 18.6 Å². The lowest BCUT2D eigenvalue weighted by molar-refractivity contribution is 0.129. The summed E-state index contributed by atoms with van der Waals surface area (Å²) in [5.74, 6) is 1.47. The highest BCUT2D eigenvalue weighted by Gasteiger charge is 2.17. The van der Waals surface area contributed by atoms with Gasteiger partial charge in [0.1, 0.15) is 0 Å². The van der Waals surface area contributed by atoms with Crippen molar-refractivity contribution in [2.75, 3.05) is 26.9 Å². The Morgan fingerprint density at radius 3 is 2.88 bits per heavy atom. The first kappa shape index (κ1) is 11.2. The first-order valence-electron chi connectivity index (χ1n) is 5.47. The third-order valence-corrected chi connectivity index (χ3v) is 2.81. The van der Waals surface area contributed by atoms with E-state index in [9.17, 15) is 5.11 Å². The minimum atomic E-state index is -0.487. The van der Waals surface area contributed by atoms with E-state index in [0.29, 0.717) is 6.54 Å². The van der Waals surface area contributed by atoms with E-state index in [4.69, 9.17) is 9.47 Å². The monoisotopic (exact) mass is 223 g/mol. The summed E-state index contributed by atoms with van der Waals surface area (Å²) in [6.07, 6.45) is -0.487. The number of aliphatic hydroxyl groups is 1. The molecule has 4 nitrogen and oxygen atoms in total. The Bertz CT molecular complexity index is 367. The molecule has 1 heterocycles. The molecule has 1 N–H and O–H groups in total. The van der Waals surface area contributed by atoms with Gasteiger partial charge in [-0.05, 0) is 31.3 Å². The molecular weight excluding hydrogens is 206 g/mol. The van der Waals surface area contributed by atoms with Gasteiger partial charge in [0.05, 0.1) is 6.10 Å². The van der Waals surface area contributed by atoms with Gasteiger partial charge in [-0.15, -0.1) is 0 Å². The minimum absolute atomic E-state index is 0.268. The molecule has 4 heteroatoms. The second-order valence-electron chi connectivity index (χ2n) is 3.98. The molecular formula is C12H17NO3. The van der Waals surface area contributed by atoms with Crippen LogP contribution < -0.4 is 9.47 Å². The summed E-state index contributed by atoms with van der Waals surface area (Å²) in [7, 11) is 1.98. The van der Waals surface area contributed by atoms with E-state index in [0.717, 1.165) is 23.6 Å². The van der Waals surface area contributed by atoms with E-state index in [1.807, 2.05) is 25.2 Å². The first-order chi connectivity index (χ1) is 7.70. The largest absolute Gasteiger partial charge is 0.454 e. The Hall–Kier alpha value is -1.26. The van der Waals surface area contributed by atoms with Crippen molar-refractivity contribution in [2.45, 2.75) is 13.0 Å². The second-order valence-corrected chi connectivity index (χ2v) is 3.98. The van der Waals surface area contributed by atoms with Crippen molar-refractivity contribution in [3.63, 3.8) is 0 Å². The molecule has 88 valence electrons. The molecule has 1 aromatic carbocycles. The van der Waals surface area contributed by atoms with Gasteiger partial charge in [0, 0.05) is 6.54 Å². The van der Waals surface area contributed by atoms with Crippen molar-refractivity contribution < 1.29 is 14.6 Å². The third kappa shape index (κ3) is 2.28. The maximum Gasteiger partial charge on any atom is 0.231 e. The van der Waals surface area contributed by atoms with Gasteiger partial charge < -0.3 is 19.5 Å². The topological polar surface area (TPSA) is 41.9 Å². The van der Waals surface area contributed by atoms with Crippen molar-refractivity contribution in [2.24, 2.45) is 0 Å². The number of hydrogen-bond donors (Lipinski definition) is 1. The second kappa shape index (κ2) is 4.72. The summed E-state index contributed by atoms with van der Waals surface area (Å²) in [5.41, 5.74) is 0.865. The van der Waals surface area contributed by atoms with Crippen LogP contribution in [0.5, 0.6) is 11.5 Å². The van der Waals surface area contributed by atoms with Crippen LogP contribution in [0.3, 0.4) is 0 Å². The van der Waals surface area contributed by atoms with E-state index in [-0.39, 0.29) is 6.79 Å². The molecule has 1 unspecified atom stereocenters. The first-order valence-corrected chi connectivity index (χ1v) is 5.47. The molecule has 1 aliphatic heterocycles. The van der Waals surface area contributed by atoms with Crippen LogP contribution in [0.15, 0.2) is 18.2 Å². The molecule has 0 spiro atoms. The number of aliphatic hydroxyl groups excluding tert-OH is 1. The molecule has 1 aliphatic rings. The predicted octanol–water partition coefficient (Wildman–Crippen LogP) is 1.40. The molecule has 1 aromatic rings. The maximum atomic E-state index is 10.0. The molecule has 0 fully saturated rings. The highest BCUT2D eigenvalue weighted by atomic mass is 16.7. The van der Waals surface area contributed by atoms with Crippen LogP contribution in [0.4, 0.5) is 0 Å². The molecule has 0 amide bonds. The lowest BCUT2D eigenvalue weighted by Gasteiger charge is -2.19. The van der Waals surface area contributed by atoms with Crippen molar-refractivity contribution >= 4 is 0 Å². The van der Waals surface area contributed by atoms with E-state index < -0.39 is 6.10 Å². The Balaban J connectivity index is 2.09. The molecule has 0 saturated carbocycles. The van der Waals surface area contributed by atoms with Crippen LogP contribution in [-0.4, -0.2) is 36.9 Å². The van der Waals surface area contributed by atoms with Gasteiger partial charge in [0.2, 0.25) is 6.79 Å². The molecule has 0 bridgehead atoms. The number of ether oxygens (including phenoxy) is 2. The van der Waals surface area contributed by atoms with Crippen LogP contribution in [0.2, 0.25) is 0 Å². The zero-order valence-corrected chi connectivity index (χ0v) is 9.64. The number of benzene rings is 1. The summed E-state index contributed by atoms with van der Waals surface area (Å²) in [6.45, 7) is 3.87. The number of fused-ring (bicyclic) bond motifs is 1. The summed E-state index contributed by atoms with van der Waals surface area (Å²) < 4.78 is 10.5. The zero-order chi connectivity index (χ0) is 11.5. The van der Waals surface area contributed by atoms with Crippen molar-refractivity contribution in [1.29, 1.82) is 0 Å². The molecule has 1 atom stereocenters. The minimum Gasteiger partial charge on any atom is -0.454 e. The number of rotatable bonds is 4. The fourth-order valence-corrected chi connectivity index (χ4v) is 1.65. The fraction of sp³-hybridized carbons (Fsp3) is 0.500. The highest BCUT2D eigenvalue weighted by Crippen LogP contribution is 2.34. The summed E-state index contributed by atoms with van der Waals surface area (Å²) in [6, 6.07) is 5.56. The third-order valence-electron chi connectivity index (χ3n) is 2.81. The molecule has 0 aromatic heterocycles. The highest BCUT2D eigenvalue weighted by molar-refractivity contribution is 5.45. The van der Waals surface area contributed by atoms with Crippen LogP contribution >= 0.6 is 0 Å². The number of likely N-dealkylation sites (N-methyl/N-ethyl adjacent to an activating group) is 1. The van der Waals surface area contributed by atoms with E-state index in [1.165, 1.54) is 0 Å². The summed E-state index contributed by atoms with van der Waals surface area (Å²) >= 11 is 0. The molecule has 0 radical (unpaired) electrons. The van der Waals surface area contributed by atoms with Crippen LogP contribution in [-0.2, 0) is 0 Å². The van der Waals surface area contributed by atoms with Gasteiger partial charge in [-0.2, -0.15) is 0 Å². The van der Waals surface area contributed by atoms with Gasteiger partial charge in [-0.3, -0.25) is 0 Å². The summed E-state index contributed by atoms with van der Waals surface area (Å²) in [4.78, 5) is 2.06. The van der Waals surface area contributed by atoms with E-state index >= 15 is 0 Å². The Morgan fingerprint density at radius 1 is 1.38 bits per heavy atom. The molecule has 2 rings (SSSR count). The Kier molecular flexibility index (Phi) is 3.31. The zero-order valence-electron chi connectivity index (χ0n) is 9.64.